The molecule has 19 heavy (non-hydrogen) atoms. The standard InChI is InChI=1S/C13H15F3N2O/c1-9(2)18-5-6-19-11-4-3-10(8-17)12(7-11)13(14,15)16/h3-4,7,9,18H,5-6H2,1-2H3. The van der Waals surface area contributed by atoms with Gasteiger partial charge in [-0.05, 0) is 18.2 Å². The van der Waals surface area contributed by atoms with E-state index in [9.17, 15) is 13.2 Å². The number of benzene rings is 1. The van der Waals surface area contributed by atoms with Gasteiger partial charge in [-0.25, -0.2) is 0 Å². The number of halogens is 3. The van der Waals surface area contributed by atoms with Gasteiger partial charge >= 0.3 is 6.18 Å². The maximum atomic E-state index is 12.7. The molecule has 0 aromatic heterocycles. The second-order valence-corrected chi connectivity index (χ2v) is 4.27. The van der Waals surface area contributed by atoms with E-state index in [0.29, 0.717) is 6.54 Å². The molecule has 0 atom stereocenters. The number of nitrogens with one attached hydrogen (secondary N) is 1. The number of hydrogen-bond donors (Lipinski definition) is 1. The van der Waals surface area contributed by atoms with Crippen molar-refractivity contribution < 1.29 is 17.9 Å². The summed E-state index contributed by atoms with van der Waals surface area (Å²) in [6.45, 7) is 4.73. The molecule has 6 heteroatoms. The lowest BCUT2D eigenvalue weighted by molar-refractivity contribution is -0.137. The fourth-order valence-electron chi connectivity index (χ4n) is 1.46. The Morgan fingerprint density at radius 3 is 2.58 bits per heavy atom. The highest BCUT2D eigenvalue weighted by molar-refractivity contribution is 5.44. The Hall–Kier alpha value is -1.74. The number of nitriles is 1. The second kappa shape index (κ2) is 6.43. The first-order valence-corrected chi connectivity index (χ1v) is 5.82. The summed E-state index contributed by atoms with van der Waals surface area (Å²) in [6.07, 6.45) is -4.55. The fraction of sp³-hybridized carbons (Fsp3) is 0.462. The zero-order valence-electron chi connectivity index (χ0n) is 10.7. The molecule has 3 nitrogen and oxygen atoms in total. The van der Waals surface area contributed by atoms with E-state index in [0.717, 1.165) is 12.1 Å². The van der Waals surface area contributed by atoms with Crippen LogP contribution in [0.3, 0.4) is 0 Å². The van der Waals surface area contributed by atoms with Gasteiger partial charge in [-0.2, -0.15) is 18.4 Å². The Labute approximate surface area is 110 Å². The molecule has 0 saturated carbocycles. The van der Waals surface area contributed by atoms with Crippen LogP contribution in [0.15, 0.2) is 18.2 Å². The van der Waals surface area contributed by atoms with E-state index in [2.05, 4.69) is 5.32 Å². The summed E-state index contributed by atoms with van der Waals surface area (Å²) in [6, 6.07) is 5.15. The normalized spacial score (nSPS) is 11.4. The van der Waals surface area contributed by atoms with Crippen molar-refractivity contribution in [1.29, 1.82) is 5.26 Å². The highest BCUT2D eigenvalue weighted by atomic mass is 19.4. The maximum absolute atomic E-state index is 12.7. The molecule has 0 amide bonds. The van der Waals surface area contributed by atoms with Crippen LogP contribution in [-0.4, -0.2) is 19.2 Å². The van der Waals surface area contributed by atoms with Gasteiger partial charge in [-0.1, -0.05) is 13.8 Å². The predicted molar refractivity (Wildman–Crippen MR) is 64.8 cm³/mol. The number of hydrogen-bond acceptors (Lipinski definition) is 3. The van der Waals surface area contributed by atoms with Crippen molar-refractivity contribution in [3.8, 4) is 11.8 Å². The lowest BCUT2D eigenvalue weighted by Crippen LogP contribution is -2.27. The average Bonchev–Trinajstić information content (AvgIpc) is 2.33. The SMILES string of the molecule is CC(C)NCCOc1ccc(C#N)c(C(F)(F)F)c1. The summed E-state index contributed by atoms with van der Waals surface area (Å²) in [5.74, 6) is 0.108. The third-order valence-corrected chi connectivity index (χ3v) is 2.34. The lowest BCUT2D eigenvalue weighted by atomic mass is 10.1. The van der Waals surface area contributed by atoms with Gasteiger partial charge in [0, 0.05) is 12.6 Å². The zero-order valence-corrected chi connectivity index (χ0v) is 10.7. The summed E-state index contributed by atoms with van der Waals surface area (Å²) < 4.78 is 43.3. The van der Waals surface area contributed by atoms with Gasteiger partial charge in [0.05, 0.1) is 17.2 Å². The highest BCUT2D eigenvalue weighted by Crippen LogP contribution is 2.34. The van der Waals surface area contributed by atoms with Crippen molar-refractivity contribution in [2.75, 3.05) is 13.2 Å². The molecule has 0 aliphatic rings. The zero-order chi connectivity index (χ0) is 14.5. The molecule has 0 bridgehead atoms. The molecule has 0 aliphatic heterocycles. The minimum Gasteiger partial charge on any atom is -0.492 e. The largest absolute Gasteiger partial charge is 0.492 e. The Balaban J connectivity index is 2.74. The van der Waals surface area contributed by atoms with Crippen molar-refractivity contribution in [3.05, 3.63) is 29.3 Å². The topological polar surface area (TPSA) is 45.0 Å². The van der Waals surface area contributed by atoms with Gasteiger partial charge < -0.3 is 10.1 Å². The highest BCUT2D eigenvalue weighted by Gasteiger charge is 2.34. The predicted octanol–water partition coefficient (Wildman–Crippen LogP) is 2.95. The van der Waals surface area contributed by atoms with E-state index in [1.165, 1.54) is 12.1 Å². The van der Waals surface area contributed by atoms with Gasteiger partial charge in [-0.15, -0.1) is 0 Å². The number of nitrogens with zero attached hydrogens (tertiary/aromatic N) is 1. The van der Waals surface area contributed by atoms with Crippen LogP contribution in [0.4, 0.5) is 13.2 Å². The quantitative estimate of drug-likeness (QED) is 0.838. The molecule has 0 unspecified atom stereocenters. The summed E-state index contributed by atoms with van der Waals surface area (Å²) in [4.78, 5) is 0. The molecular formula is C13H15F3N2O. The number of ether oxygens (including phenoxy) is 1. The summed E-state index contributed by atoms with van der Waals surface area (Å²) in [7, 11) is 0. The maximum Gasteiger partial charge on any atom is 0.417 e. The monoisotopic (exact) mass is 272 g/mol. The molecule has 1 aromatic carbocycles. The van der Waals surface area contributed by atoms with Crippen LogP contribution < -0.4 is 10.1 Å². The third kappa shape index (κ3) is 4.79. The van der Waals surface area contributed by atoms with Gasteiger partial charge in [0.2, 0.25) is 0 Å². The van der Waals surface area contributed by atoms with Crippen LogP contribution in [0.2, 0.25) is 0 Å². The molecule has 0 radical (unpaired) electrons. The van der Waals surface area contributed by atoms with Crippen LogP contribution in [0.5, 0.6) is 5.75 Å². The molecular weight excluding hydrogens is 257 g/mol. The molecule has 0 saturated heterocycles. The summed E-state index contributed by atoms with van der Waals surface area (Å²) in [5.41, 5.74) is -1.37. The van der Waals surface area contributed by atoms with Crippen LogP contribution in [0.1, 0.15) is 25.0 Å². The Kier molecular flexibility index (Phi) is 5.19. The molecule has 0 fully saturated rings. The van der Waals surface area contributed by atoms with Crippen molar-refractivity contribution in [2.24, 2.45) is 0 Å². The van der Waals surface area contributed by atoms with Gasteiger partial charge in [0.25, 0.3) is 0 Å². The van der Waals surface area contributed by atoms with Crippen molar-refractivity contribution in [1.82, 2.24) is 5.32 Å². The van der Waals surface area contributed by atoms with Gasteiger partial charge in [0.15, 0.2) is 0 Å². The van der Waals surface area contributed by atoms with Crippen LogP contribution >= 0.6 is 0 Å². The number of rotatable bonds is 5. The minimum absolute atomic E-state index is 0.108. The molecule has 1 rings (SSSR count). The van der Waals surface area contributed by atoms with Crippen molar-refractivity contribution in [3.63, 3.8) is 0 Å². The Morgan fingerprint density at radius 1 is 1.37 bits per heavy atom. The van der Waals surface area contributed by atoms with Gasteiger partial charge in [0.1, 0.15) is 12.4 Å². The first-order chi connectivity index (χ1) is 8.84. The van der Waals surface area contributed by atoms with E-state index in [-0.39, 0.29) is 18.4 Å². The molecule has 0 spiro atoms. The van der Waals surface area contributed by atoms with Crippen LogP contribution in [0.25, 0.3) is 0 Å². The van der Waals surface area contributed by atoms with Gasteiger partial charge in [-0.3, -0.25) is 0 Å². The molecule has 1 aromatic rings. The Morgan fingerprint density at radius 2 is 2.05 bits per heavy atom. The molecule has 0 aliphatic carbocycles. The third-order valence-electron chi connectivity index (χ3n) is 2.34. The fourth-order valence-corrected chi connectivity index (χ4v) is 1.46. The molecule has 104 valence electrons. The first kappa shape index (κ1) is 15.3. The summed E-state index contributed by atoms with van der Waals surface area (Å²) in [5, 5.41) is 11.7. The average molecular weight is 272 g/mol. The van der Waals surface area contributed by atoms with Crippen molar-refractivity contribution in [2.45, 2.75) is 26.1 Å². The van der Waals surface area contributed by atoms with E-state index in [4.69, 9.17) is 10.00 Å². The second-order valence-electron chi connectivity index (χ2n) is 4.27. The minimum atomic E-state index is -4.55. The smallest absolute Gasteiger partial charge is 0.417 e. The van der Waals surface area contributed by atoms with E-state index in [1.54, 1.807) is 0 Å². The van der Waals surface area contributed by atoms with Crippen LogP contribution in [0, 0.1) is 11.3 Å². The van der Waals surface area contributed by atoms with E-state index >= 15 is 0 Å². The Bertz CT molecular complexity index is 464. The lowest BCUT2D eigenvalue weighted by Gasteiger charge is -2.13. The molecule has 0 heterocycles. The van der Waals surface area contributed by atoms with Crippen molar-refractivity contribution >= 4 is 0 Å². The number of alkyl halides is 3. The van der Waals surface area contributed by atoms with E-state index < -0.39 is 17.3 Å². The van der Waals surface area contributed by atoms with E-state index in [1.807, 2.05) is 13.8 Å². The summed E-state index contributed by atoms with van der Waals surface area (Å²) >= 11 is 0. The first-order valence-electron chi connectivity index (χ1n) is 5.82. The molecule has 1 N–H and O–H groups in total. The van der Waals surface area contributed by atoms with Crippen LogP contribution in [-0.2, 0) is 6.18 Å².